The number of hydrogen-bond donors (Lipinski definition) is 1. The zero-order chi connectivity index (χ0) is 11.5. The molecular formula is C11H10BrNOS2. The largest absolute Gasteiger partial charge is 0.346 e. The number of aryl methyl sites for hydroxylation is 1. The lowest BCUT2D eigenvalue weighted by Gasteiger charge is -2.00. The fourth-order valence-corrected chi connectivity index (χ4v) is 3.46. The van der Waals surface area contributed by atoms with Crippen molar-refractivity contribution in [3.8, 4) is 0 Å². The molecule has 0 unspecified atom stereocenters. The predicted molar refractivity (Wildman–Crippen MR) is 72.2 cm³/mol. The summed E-state index contributed by atoms with van der Waals surface area (Å²) in [5.41, 5.74) is 0. The number of rotatable bonds is 3. The van der Waals surface area contributed by atoms with Crippen LogP contribution in [0.2, 0.25) is 0 Å². The third kappa shape index (κ3) is 2.93. The van der Waals surface area contributed by atoms with Gasteiger partial charge in [-0.1, -0.05) is 0 Å². The van der Waals surface area contributed by atoms with E-state index < -0.39 is 0 Å². The van der Waals surface area contributed by atoms with E-state index in [0.717, 1.165) is 18.4 Å². The van der Waals surface area contributed by atoms with Crippen LogP contribution in [0.1, 0.15) is 19.4 Å². The summed E-state index contributed by atoms with van der Waals surface area (Å²) in [5, 5.41) is 2.90. The Morgan fingerprint density at radius 3 is 2.69 bits per heavy atom. The van der Waals surface area contributed by atoms with Gasteiger partial charge in [0.15, 0.2) is 0 Å². The first-order valence-electron chi connectivity index (χ1n) is 4.74. The number of nitrogens with one attached hydrogen (secondary N) is 1. The van der Waals surface area contributed by atoms with Crippen molar-refractivity contribution in [2.24, 2.45) is 0 Å². The lowest BCUT2D eigenvalue weighted by molar-refractivity contribution is 0.0955. The van der Waals surface area contributed by atoms with Crippen LogP contribution >= 0.6 is 38.6 Å². The van der Waals surface area contributed by atoms with Gasteiger partial charge >= 0.3 is 0 Å². The molecule has 0 saturated heterocycles. The third-order valence-electron chi connectivity index (χ3n) is 2.02. The van der Waals surface area contributed by atoms with Gasteiger partial charge in [-0.25, -0.2) is 0 Å². The van der Waals surface area contributed by atoms with Gasteiger partial charge in [0.05, 0.1) is 15.2 Å². The van der Waals surface area contributed by atoms with Gasteiger partial charge in [-0.2, -0.15) is 0 Å². The zero-order valence-corrected chi connectivity index (χ0v) is 11.8. The molecule has 0 aliphatic rings. The highest BCUT2D eigenvalue weighted by molar-refractivity contribution is 9.11. The van der Waals surface area contributed by atoms with Gasteiger partial charge < -0.3 is 5.32 Å². The quantitative estimate of drug-likeness (QED) is 0.916. The van der Waals surface area contributed by atoms with Crippen LogP contribution in [0, 0.1) is 6.92 Å². The van der Waals surface area contributed by atoms with E-state index >= 15 is 0 Å². The smallest absolute Gasteiger partial charge is 0.261 e. The highest BCUT2D eigenvalue weighted by Gasteiger charge is 2.07. The lowest BCUT2D eigenvalue weighted by atomic mass is 10.4. The fraction of sp³-hybridized carbons (Fsp3) is 0.182. The second-order valence-corrected chi connectivity index (χ2v) is 7.13. The monoisotopic (exact) mass is 315 g/mol. The van der Waals surface area contributed by atoms with Gasteiger partial charge in [0, 0.05) is 9.75 Å². The van der Waals surface area contributed by atoms with Gasteiger partial charge in [0.2, 0.25) is 0 Å². The maximum absolute atomic E-state index is 11.7. The molecular weight excluding hydrogens is 306 g/mol. The molecule has 2 aromatic rings. The summed E-state index contributed by atoms with van der Waals surface area (Å²) in [5.74, 6) is 0.00243. The molecule has 16 heavy (non-hydrogen) atoms. The first kappa shape index (κ1) is 11.8. The SMILES string of the molecule is Cc1ccc(C(=O)NCc2ccc(Br)s2)s1. The van der Waals surface area contributed by atoms with Gasteiger partial charge in [-0.05, 0) is 47.1 Å². The van der Waals surface area contributed by atoms with Crippen LogP contribution in [-0.2, 0) is 6.54 Å². The molecule has 0 saturated carbocycles. The number of thiophene rings is 2. The Morgan fingerprint density at radius 2 is 2.12 bits per heavy atom. The summed E-state index contributed by atoms with van der Waals surface area (Å²) in [6.45, 7) is 2.59. The maximum Gasteiger partial charge on any atom is 0.261 e. The van der Waals surface area contributed by atoms with Crippen LogP contribution in [0.25, 0.3) is 0 Å². The average Bonchev–Trinajstić information content (AvgIpc) is 2.84. The second-order valence-electron chi connectivity index (χ2n) is 3.30. The van der Waals surface area contributed by atoms with E-state index in [4.69, 9.17) is 0 Å². The summed E-state index contributed by atoms with van der Waals surface area (Å²) in [4.78, 5) is 14.8. The molecule has 0 atom stereocenters. The van der Waals surface area contributed by atoms with Crippen LogP contribution in [0.5, 0.6) is 0 Å². The number of carbonyl (C=O) groups is 1. The van der Waals surface area contributed by atoms with Crippen LogP contribution in [0.3, 0.4) is 0 Å². The molecule has 2 nitrogen and oxygen atoms in total. The molecule has 84 valence electrons. The van der Waals surface area contributed by atoms with Crippen LogP contribution in [0.15, 0.2) is 28.1 Å². The van der Waals surface area contributed by atoms with E-state index in [1.165, 1.54) is 11.3 Å². The van der Waals surface area contributed by atoms with Gasteiger partial charge in [0.1, 0.15) is 0 Å². The molecule has 0 aliphatic heterocycles. The second kappa shape index (κ2) is 5.12. The molecule has 0 aliphatic carbocycles. The highest BCUT2D eigenvalue weighted by atomic mass is 79.9. The van der Waals surface area contributed by atoms with Crippen molar-refractivity contribution in [3.63, 3.8) is 0 Å². The summed E-state index contributed by atoms with van der Waals surface area (Å²) in [7, 11) is 0. The Bertz CT molecular complexity index is 504. The normalized spacial score (nSPS) is 10.4. The van der Waals surface area contributed by atoms with Crippen LogP contribution in [-0.4, -0.2) is 5.91 Å². The van der Waals surface area contributed by atoms with Gasteiger partial charge in [-0.3, -0.25) is 4.79 Å². The van der Waals surface area contributed by atoms with Crippen molar-refractivity contribution in [2.75, 3.05) is 0 Å². The van der Waals surface area contributed by atoms with E-state index in [1.54, 1.807) is 11.3 Å². The van der Waals surface area contributed by atoms with Crippen molar-refractivity contribution in [1.82, 2.24) is 5.32 Å². The summed E-state index contributed by atoms with van der Waals surface area (Å²) >= 11 is 6.55. The minimum Gasteiger partial charge on any atom is -0.346 e. The van der Waals surface area contributed by atoms with Crippen molar-refractivity contribution in [3.05, 3.63) is 42.7 Å². The number of carbonyl (C=O) groups excluding carboxylic acids is 1. The molecule has 0 bridgehead atoms. The number of hydrogen-bond acceptors (Lipinski definition) is 3. The fourth-order valence-electron chi connectivity index (χ4n) is 1.26. The van der Waals surface area contributed by atoms with E-state index in [0.29, 0.717) is 6.54 Å². The maximum atomic E-state index is 11.7. The summed E-state index contributed by atoms with van der Waals surface area (Å²) < 4.78 is 1.09. The first-order valence-corrected chi connectivity index (χ1v) is 7.16. The number of amides is 1. The molecule has 1 amide bonds. The van der Waals surface area contributed by atoms with Crippen LogP contribution in [0.4, 0.5) is 0 Å². The number of halogens is 1. The Morgan fingerprint density at radius 1 is 1.31 bits per heavy atom. The molecule has 2 aromatic heterocycles. The van der Waals surface area contributed by atoms with Gasteiger partial charge in [-0.15, -0.1) is 22.7 Å². The minimum absolute atomic E-state index is 0.00243. The molecule has 1 N–H and O–H groups in total. The van der Waals surface area contributed by atoms with E-state index in [9.17, 15) is 4.79 Å². The van der Waals surface area contributed by atoms with Crippen molar-refractivity contribution >= 4 is 44.5 Å². The Hall–Kier alpha value is -0.650. The molecule has 5 heteroatoms. The van der Waals surface area contributed by atoms with E-state index in [2.05, 4.69) is 21.2 Å². The zero-order valence-electron chi connectivity index (χ0n) is 8.62. The molecule has 0 aromatic carbocycles. The van der Waals surface area contributed by atoms with Crippen molar-refractivity contribution in [2.45, 2.75) is 13.5 Å². The Labute approximate surface area is 110 Å². The lowest BCUT2D eigenvalue weighted by Crippen LogP contribution is -2.21. The third-order valence-corrected chi connectivity index (χ3v) is 4.64. The van der Waals surface area contributed by atoms with Crippen LogP contribution < -0.4 is 5.32 Å². The predicted octanol–water partition coefficient (Wildman–Crippen LogP) is 3.81. The molecule has 0 radical (unpaired) electrons. The van der Waals surface area contributed by atoms with Crippen molar-refractivity contribution in [1.29, 1.82) is 0 Å². The molecule has 0 spiro atoms. The topological polar surface area (TPSA) is 29.1 Å². The average molecular weight is 316 g/mol. The summed E-state index contributed by atoms with van der Waals surface area (Å²) in [6, 6.07) is 7.82. The highest BCUT2D eigenvalue weighted by Crippen LogP contribution is 2.22. The summed E-state index contributed by atoms with van der Waals surface area (Å²) in [6.07, 6.45) is 0. The molecule has 2 heterocycles. The Balaban J connectivity index is 1.93. The Kier molecular flexibility index (Phi) is 3.78. The molecule has 0 fully saturated rings. The van der Waals surface area contributed by atoms with E-state index in [1.807, 2.05) is 31.2 Å². The van der Waals surface area contributed by atoms with E-state index in [-0.39, 0.29) is 5.91 Å². The molecule has 2 rings (SSSR count). The minimum atomic E-state index is 0.00243. The van der Waals surface area contributed by atoms with Gasteiger partial charge in [0.25, 0.3) is 5.91 Å². The standard InChI is InChI=1S/C11H10BrNOS2/c1-7-2-4-9(15-7)11(14)13-6-8-3-5-10(12)16-8/h2-5H,6H2,1H3,(H,13,14). The first-order chi connectivity index (χ1) is 7.65. The van der Waals surface area contributed by atoms with Crippen molar-refractivity contribution < 1.29 is 4.79 Å².